The molecule has 1 atom stereocenters. The Labute approximate surface area is 117 Å². The zero-order valence-corrected chi connectivity index (χ0v) is 12.3. The van der Waals surface area contributed by atoms with Crippen molar-refractivity contribution in [2.24, 2.45) is 5.92 Å². The Balaban J connectivity index is 1.60. The molecular weight excluding hydrogens is 236 g/mol. The first-order chi connectivity index (χ1) is 9.24. The van der Waals surface area contributed by atoms with Gasteiger partial charge in [0.05, 0.1) is 6.54 Å². The van der Waals surface area contributed by atoms with Gasteiger partial charge in [0.1, 0.15) is 0 Å². The summed E-state index contributed by atoms with van der Waals surface area (Å²) in [6.45, 7) is 5.85. The van der Waals surface area contributed by atoms with Crippen molar-refractivity contribution in [3.8, 4) is 0 Å². The molecule has 1 fully saturated rings. The zero-order valence-electron chi connectivity index (χ0n) is 12.3. The third-order valence-corrected chi connectivity index (χ3v) is 4.26. The maximum atomic E-state index is 11.9. The SMILES string of the molecule is CC1CCCN(CC(=O)NCCC2=CCCCC2)C1. The van der Waals surface area contributed by atoms with Crippen LogP contribution in [0.1, 0.15) is 51.9 Å². The fourth-order valence-electron chi connectivity index (χ4n) is 3.18. The summed E-state index contributed by atoms with van der Waals surface area (Å²) in [5, 5.41) is 3.07. The van der Waals surface area contributed by atoms with Crippen molar-refractivity contribution in [3.05, 3.63) is 11.6 Å². The molecular formula is C16H28N2O. The second-order valence-electron chi connectivity index (χ2n) is 6.19. The quantitative estimate of drug-likeness (QED) is 0.774. The number of amides is 1. The van der Waals surface area contributed by atoms with E-state index in [2.05, 4.69) is 23.2 Å². The van der Waals surface area contributed by atoms with Gasteiger partial charge in [0, 0.05) is 13.1 Å². The van der Waals surface area contributed by atoms with Crippen LogP contribution in [-0.2, 0) is 4.79 Å². The molecule has 2 rings (SSSR count). The molecule has 0 spiro atoms. The molecule has 0 aromatic heterocycles. The minimum Gasteiger partial charge on any atom is -0.355 e. The van der Waals surface area contributed by atoms with Crippen molar-refractivity contribution in [2.45, 2.75) is 51.9 Å². The van der Waals surface area contributed by atoms with E-state index < -0.39 is 0 Å². The largest absolute Gasteiger partial charge is 0.355 e. The van der Waals surface area contributed by atoms with Crippen LogP contribution in [0.5, 0.6) is 0 Å². The predicted molar refractivity (Wildman–Crippen MR) is 79.0 cm³/mol. The van der Waals surface area contributed by atoms with Crippen molar-refractivity contribution in [1.82, 2.24) is 10.2 Å². The lowest BCUT2D eigenvalue weighted by Gasteiger charge is -2.30. The second-order valence-corrected chi connectivity index (χ2v) is 6.19. The van der Waals surface area contributed by atoms with Gasteiger partial charge in [0.25, 0.3) is 0 Å². The molecule has 2 aliphatic rings. The molecule has 0 saturated carbocycles. The van der Waals surface area contributed by atoms with Gasteiger partial charge in [-0.15, -0.1) is 0 Å². The van der Waals surface area contributed by atoms with Gasteiger partial charge in [-0.2, -0.15) is 0 Å². The Morgan fingerprint density at radius 1 is 1.42 bits per heavy atom. The third kappa shape index (κ3) is 5.35. The summed E-state index contributed by atoms with van der Waals surface area (Å²) in [6.07, 6.45) is 11.1. The smallest absolute Gasteiger partial charge is 0.234 e. The molecule has 1 aliphatic carbocycles. The van der Waals surface area contributed by atoms with Crippen LogP contribution in [0.15, 0.2) is 11.6 Å². The van der Waals surface area contributed by atoms with Gasteiger partial charge in [-0.05, 0) is 57.4 Å². The molecule has 19 heavy (non-hydrogen) atoms. The minimum absolute atomic E-state index is 0.200. The normalized spacial score (nSPS) is 24.9. The molecule has 3 nitrogen and oxygen atoms in total. The van der Waals surface area contributed by atoms with E-state index in [1.165, 1.54) is 44.1 Å². The molecule has 0 bridgehead atoms. The topological polar surface area (TPSA) is 32.3 Å². The molecule has 3 heteroatoms. The third-order valence-electron chi connectivity index (χ3n) is 4.26. The maximum absolute atomic E-state index is 11.9. The highest BCUT2D eigenvalue weighted by molar-refractivity contribution is 5.78. The van der Waals surface area contributed by atoms with E-state index >= 15 is 0 Å². The number of carbonyl (C=O) groups is 1. The molecule has 1 N–H and O–H groups in total. The Hall–Kier alpha value is -0.830. The number of hydrogen-bond donors (Lipinski definition) is 1. The molecule has 1 unspecified atom stereocenters. The number of likely N-dealkylation sites (tertiary alicyclic amines) is 1. The van der Waals surface area contributed by atoms with Crippen molar-refractivity contribution < 1.29 is 4.79 Å². The number of rotatable bonds is 5. The predicted octanol–water partition coefficient (Wildman–Crippen LogP) is 2.73. The molecule has 1 heterocycles. The molecule has 0 aromatic carbocycles. The van der Waals surface area contributed by atoms with Gasteiger partial charge in [0.15, 0.2) is 0 Å². The van der Waals surface area contributed by atoms with E-state index in [0.29, 0.717) is 6.54 Å². The van der Waals surface area contributed by atoms with Crippen molar-refractivity contribution in [2.75, 3.05) is 26.2 Å². The lowest BCUT2D eigenvalue weighted by molar-refractivity contribution is -0.122. The average Bonchev–Trinajstić information content (AvgIpc) is 2.40. The lowest BCUT2D eigenvalue weighted by Crippen LogP contribution is -2.42. The van der Waals surface area contributed by atoms with E-state index in [1.54, 1.807) is 0 Å². The highest BCUT2D eigenvalue weighted by Crippen LogP contribution is 2.19. The van der Waals surface area contributed by atoms with Gasteiger partial charge in [-0.3, -0.25) is 9.69 Å². The maximum Gasteiger partial charge on any atom is 0.234 e. The number of nitrogens with zero attached hydrogens (tertiary/aromatic N) is 1. The van der Waals surface area contributed by atoms with E-state index in [1.807, 2.05) is 0 Å². The number of allylic oxidation sites excluding steroid dienone is 1. The molecule has 1 aliphatic heterocycles. The Morgan fingerprint density at radius 3 is 3.05 bits per heavy atom. The Kier molecular flexibility index (Phi) is 5.90. The fourth-order valence-corrected chi connectivity index (χ4v) is 3.18. The first kappa shape index (κ1) is 14.6. The van der Waals surface area contributed by atoms with Crippen LogP contribution in [0, 0.1) is 5.92 Å². The van der Waals surface area contributed by atoms with Crippen molar-refractivity contribution in [1.29, 1.82) is 0 Å². The zero-order chi connectivity index (χ0) is 13.5. The van der Waals surface area contributed by atoms with Crippen LogP contribution in [0.4, 0.5) is 0 Å². The summed E-state index contributed by atoms with van der Waals surface area (Å²) in [5.41, 5.74) is 1.54. The van der Waals surface area contributed by atoms with Gasteiger partial charge in [-0.25, -0.2) is 0 Å². The van der Waals surface area contributed by atoms with Crippen LogP contribution >= 0.6 is 0 Å². The van der Waals surface area contributed by atoms with Crippen LogP contribution in [-0.4, -0.2) is 37.0 Å². The summed E-state index contributed by atoms with van der Waals surface area (Å²) >= 11 is 0. The van der Waals surface area contributed by atoms with Gasteiger partial charge < -0.3 is 5.32 Å². The first-order valence-electron chi connectivity index (χ1n) is 7.91. The van der Waals surface area contributed by atoms with E-state index in [9.17, 15) is 4.79 Å². The van der Waals surface area contributed by atoms with E-state index in [0.717, 1.165) is 32.0 Å². The summed E-state index contributed by atoms with van der Waals surface area (Å²) in [4.78, 5) is 14.2. The summed E-state index contributed by atoms with van der Waals surface area (Å²) in [6, 6.07) is 0. The number of piperidine rings is 1. The monoisotopic (exact) mass is 264 g/mol. The molecule has 1 amide bonds. The van der Waals surface area contributed by atoms with Crippen molar-refractivity contribution in [3.63, 3.8) is 0 Å². The van der Waals surface area contributed by atoms with E-state index in [4.69, 9.17) is 0 Å². The standard InChI is InChI=1S/C16H28N2O/c1-14-6-5-11-18(12-14)13-16(19)17-10-9-15-7-3-2-4-8-15/h7,14H,2-6,8-13H2,1H3,(H,17,19). The Bertz CT molecular complexity index is 325. The first-order valence-corrected chi connectivity index (χ1v) is 7.91. The average molecular weight is 264 g/mol. The number of carbonyl (C=O) groups excluding carboxylic acids is 1. The summed E-state index contributed by atoms with van der Waals surface area (Å²) in [5.74, 6) is 0.944. The molecule has 1 saturated heterocycles. The molecule has 108 valence electrons. The molecule has 0 radical (unpaired) electrons. The van der Waals surface area contributed by atoms with Crippen molar-refractivity contribution >= 4 is 5.91 Å². The summed E-state index contributed by atoms with van der Waals surface area (Å²) < 4.78 is 0. The van der Waals surface area contributed by atoms with Crippen LogP contribution in [0.25, 0.3) is 0 Å². The van der Waals surface area contributed by atoms with Crippen LogP contribution < -0.4 is 5.32 Å². The lowest BCUT2D eigenvalue weighted by atomic mass is 9.97. The highest BCUT2D eigenvalue weighted by atomic mass is 16.2. The fraction of sp³-hybridized carbons (Fsp3) is 0.812. The number of hydrogen-bond acceptors (Lipinski definition) is 2. The highest BCUT2D eigenvalue weighted by Gasteiger charge is 2.18. The second kappa shape index (κ2) is 7.68. The van der Waals surface area contributed by atoms with Gasteiger partial charge in [0.2, 0.25) is 5.91 Å². The minimum atomic E-state index is 0.200. The summed E-state index contributed by atoms with van der Waals surface area (Å²) in [7, 11) is 0. The Morgan fingerprint density at radius 2 is 2.32 bits per heavy atom. The number of nitrogens with one attached hydrogen (secondary N) is 1. The van der Waals surface area contributed by atoms with E-state index in [-0.39, 0.29) is 5.91 Å². The van der Waals surface area contributed by atoms with Gasteiger partial charge in [-0.1, -0.05) is 18.6 Å². The van der Waals surface area contributed by atoms with Crippen LogP contribution in [0.3, 0.4) is 0 Å². The van der Waals surface area contributed by atoms with Gasteiger partial charge >= 0.3 is 0 Å². The molecule has 0 aromatic rings. The van der Waals surface area contributed by atoms with Crippen LogP contribution in [0.2, 0.25) is 0 Å².